The molecule has 2 aromatic carbocycles. The second kappa shape index (κ2) is 7.33. The highest BCUT2D eigenvalue weighted by molar-refractivity contribution is 6.30. The zero-order valence-electron chi connectivity index (χ0n) is 15.2. The van der Waals surface area contributed by atoms with Crippen molar-refractivity contribution in [3.05, 3.63) is 80.4 Å². The van der Waals surface area contributed by atoms with Crippen molar-refractivity contribution in [3.63, 3.8) is 0 Å². The Morgan fingerprint density at radius 2 is 2.00 bits per heavy atom. The maximum atomic E-state index is 13.2. The Morgan fingerprint density at radius 1 is 1.25 bits per heavy atom. The molecule has 1 aromatic heterocycles. The Balaban J connectivity index is 1.60. The molecule has 28 heavy (non-hydrogen) atoms. The van der Waals surface area contributed by atoms with E-state index in [-0.39, 0.29) is 16.4 Å². The molecule has 0 unspecified atom stereocenters. The van der Waals surface area contributed by atoms with Gasteiger partial charge >= 0.3 is 0 Å². The van der Waals surface area contributed by atoms with E-state index >= 15 is 0 Å². The summed E-state index contributed by atoms with van der Waals surface area (Å²) in [7, 11) is 1.94. The number of hydrogen-bond donors (Lipinski definition) is 0. The van der Waals surface area contributed by atoms with Crippen molar-refractivity contribution >= 4 is 17.3 Å². The summed E-state index contributed by atoms with van der Waals surface area (Å²) in [6.45, 7) is 1.81. The van der Waals surface area contributed by atoms with Gasteiger partial charge in [0.2, 0.25) is 0 Å². The van der Waals surface area contributed by atoms with Gasteiger partial charge in [-0.1, -0.05) is 11.6 Å². The number of fused-ring (bicyclic) bond motifs is 1. The Hall–Kier alpha value is -2.77. The van der Waals surface area contributed by atoms with E-state index in [0.717, 1.165) is 35.7 Å². The van der Waals surface area contributed by atoms with Crippen LogP contribution in [0.4, 0.5) is 10.1 Å². The van der Waals surface area contributed by atoms with Crippen molar-refractivity contribution in [3.8, 4) is 11.4 Å². The summed E-state index contributed by atoms with van der Waals surface area (Å²) >= 11 is 6.05. The first-order chi connectivity index (χ1) is 13.4. The second-order valence-corrected chi connectivity index (χ2v) is 7.32. The fourth-order valence-corrected chi connectivity index (χ4v) is 3.83. The highest BCUT2D eigenvalue weighted by Gasteiger charge is 2.25. The SMILES string of the molecule is Cn1c(-c2ccc(F)cc2)nc2c1CN(Cc1cc(Cl)ccc1[N+](=O)[O-])CC2. The standard InChI is InChI=1S/C20H18ClFN4O2/c1-24-19-12-25(11-14-10-15(21)4-7-18(14)26(27)28)9-8-17(19)23-20(24)13-2-5-16(22)6-3-13/h2-7,10H,8-9,11-12H2,1H3. The second-order valence-electron chi connectivity index (χ2n) is 6.89. The Labute approximate surface area is 166 Å². The maximum absolute atomic E-state index is 13.2. The van der Waals surface area contributed by atoms with E-state index < -0.39 is 0 Å². The van der Waals surface area contributed by atoms with Crippen LogP contribution in [0.3, 0.4) is 0 Å². The molecule has 0 N–H and O–H groups in total. The lowest BCUT2D eigenvalue weighted by atomic mass is 10.1. The van der Waals surface area contributed by atoms with Crippen LogP contribution in [-0.4, -0.2) is 25.9 Å². The highest BCUT2D eigenvalue weighted by Crippen LogP contribution is 2.29. The van der Waals surface area contributed by atoms with Gasteiger partial charge in [-0.05, 0) is 36.4 Å². The van der Waals surface area contributed by atoms with Crippen LogP contribution >= 0.6 is 11.6 Å². The van der Waals surface area contributed by atoms with E-state index in [2.05, 4.69) is 4.90 Å². The van der Waals surface area contributed by atoms with E-state index in [1.54, 1.807) is 18.2 Å². The van der Waals surface area contributed by atoms with Crippen molar-refractivity contribution < 1.29 is 9.31 Å². The average Bonchev–Trinajstić information content (AvgIpc) is 2.99. The van der Waals surface area contributed by atoms with Gasteiger partial charge in [0, 0.05) is 55.3 Å². The lowest BCUT2D eigenvalue weighted by Crippen LogP contribution is -2.31. The van der Waals surface area contributed by atoms with E-state index in [4.69, 9.17) is 16.6 Å². The summed E-state index contributed by atoms with van der Waals surface area (Å²) in [4.78, 5) is 17.8. The summed E-state index contributed by atoms with van der Waals surface area (Å²) in [5, 5.41) is 11.8. The summed E-state index contributed by atoms with van der Waals surface area (Å²) in [5.74, 6) is 0.512. The highest BCUT2D eigenvalue weighted by atomic mass is 35.5. The molecular weight excluding hydrogens is 383 g/mol. The molecule has 6 nitrogen and oxygen atoms in total. The number of nitro groups is 1. The van der Waals surface area contributed by atoms with E-state index in [0.29, 0.717) is 23.7 Å². The normalized spacial score (nSPS) is 14.1. The lowest BCUT2D eigenvalue weighted by molar-refractivity contribution is -0.385. The van der Waals surface area contributed by atoms with Crippen molar-refractivity contribution in [2.24, 2.45) is 7.05 Å². The van der Waals surface area contributed by atoms with Crippen LogP contribution in [0.25, 0.3) is 11.4 Å². The zero-order chi connectivity index (χ0) is 19.8. The summed E-state index contributed by atoms with van der Waals surface area (Å²) in [6.07, 6.45) is 0.749. The minimum Gasteiger partial charge on any atom is -0.330 e. The van der Waals surface area contributed by atoms with Gasteiger partial charge in [-0.2, -0.15) is 0 Å². The van der Waals surface area contributed by atoms with Gasteiger partial charge in [0.15, 0.2) is 0 Å². The molecule has 0 saturated heterocycles. The third-order valence-electron chi connectivity index (χ3n) is 5.07. The van der Waals surface area contributed by atoms with Crippen LogP contribution in [0.5, 0.6) is 0 Å². The van der Waals surface area contributed by atoms with Gasteiger partial charge in [0.05, 0.1) is 16.3 Å². The number of nitro benzene ring substituents is 1. The summed E-state index contributed by atoms with van der Waals surface area (Å²) in [6, 6.07) is 10.9. The largest absolute Gasteiger partial charge is 0.330 e. The first kappa shape index (κ1) is 18.6. The molecule has 144 valence electrons. The Morgan fingerprint density at radius 3 is 2.71 bits per heavy atom. The molecule has 0 fully saturated rings. The Bertz CT molecular complexity index is 1050. The molecule has 3 aromatic rings. The van der Waals surface area contributed by atoms with Gasteiger partial charge in [0.1, 0.15) is 11.6 Å². The van der Waals surface area contributed by atoms with Gasteiger partial charge < -0.3 is 4.57 Å². The van der Waals surface area contributed by atoms with E-state index in [9.17, 15) is 14.5 Å². The number of rotatable bonds is 4. The molecule has 0 spiro atoms. The molecule has 0 amide bonds. The van der Waals surface area contributed by atoms with Crippen LogP contribution in [0.1, 0.15) is 17.0 Å². The quantitative estimate of drug-likeness (QED) is 0.482. The van der Waals surface area contributed by atoms with Gasteiger partial charge in [-0.25, -0.2) is 9.37 Å². The molecule has 2 heterocycles. The number of halogens is 2. The van der Waals surface area contributed by atoms with Crippen molar-refractivity contribution in [1.82, 2.24) is 14.5 Å². The molecular formula is C20H18ClFN4O2. The van der Waals surface area contributed by atoms with Crippen LogP contribution in [-0.2, 0) is 26.6 Å². The number of benzene rings is 2. The van der Waals surface area contributed by atoms with Crippen molar-refractivity contribution in [2.45, 2.75) is 19.5 Å². The van der Waals surface area contributed by atoms with Crippen molar-refractivity contribution in [1.29, 1.82) is 0 Å². The molecule has 1 aliphatic rings. The number of hydrogen-bond acceptors (Lipinski definition) is 4. The third kappa shape index (κ3) is 3.50. The molecule has 0 bridgehead atoms. The zero-order valence-corrected chi connectivity index (χ0v) is 16.0. The molecule has 4 rings (SSSR count). The maximum Gasteiger partial charge on any atom is 0.273 e. The predicted molar refractivity (Wildman–Crippen MR) is 105 cm³/mol. The predicted octanol–water partition coefficient (Wildman–Crippen LogP) is 4.35. The van der Waals surface area contributed by atoms with Gasteiger partial charge in [-0.3, -0.25) is 15.0 Å². The fraction of sp³-hybridized carbons (Fsp3) is 0.250. The van der Waals surface area contributed by atoms with Crippen LogP contribution in [0.15, 0.2) is 42.5 Å². The van der Waals surface area contributed by atoms with Crippen molar-refractivity contribution in [2.75, 3.05) is 6.54 Å². The summed E-state index contributed by atoms with van der Waals surface area (Å²) < 4.78 is 15.2. The van der Waals surface area contributed by atoms with Crippen LogP contribution < -0.4 is 0 Å². The monoisotopic (exact) mass is 400 g/mol. The molecule has 0 aliphatic carbocycles. The first-order valence-electron chi connectivity index (χ1n) is 8.88. The van der Waals surface area contributed by atoms with Gasteiger partial charge in [0.25, 0.3) is 5.69 Å². The van der Waals surface area contributed by atoms with Crippen LogP contribution in [0, 0.1) is 15.9 Å². The topological polar surface area (TPSA) is 64.2 Å². The molecule has 1 aliphatic heterocycles. The Kier molecular flexibility index (Phi) is 4.87. The van der Waals surface area contributed by atoms with E-state index in [1.165, 1.54) is 24.3 Å². The average molecular weight is 401 g/mol. The van der Waals surface area contributed by atoms with Gasteiger partial charge in [-0.15, -0.1) is 0 Å². The molecule has 0 radical (unpaired) electrons. The molecule has 0 saturated carbocycles. The number of nitrogens with zero attached hydrogens (tertiary/aromatic N) is 4. The number of aromatic nitrogens is 2. The first-order valence-corrected chi connectivity index (χ1v) is 9.26. The lowest BCUT2D eigenvalue weighted by Gasteiger charge is -2.27. The molecule has 8 heteroatoms. The smallest absolute Gasteiger partial charge is 0.273 e. The fourth-order valence-electron chi connectivity index (χ4n) is 3.63. The third-order valence-corrected chi connectivity index (χ3v) is 5.30. The summed E-state index contributed by atoms with van der Waals surface area (Å²) in [5.41, 5.74) is 3.61. The van der Waals surface area contributed by atoms with Crippen LogP contribution in [0.2, 0.25) is 5.02 Å². The number of imidazole rings is 1. The molecule has 0 atom stereocenters. The van der Waals surface area contributed by atoms with E-state index in [1.807, 2.05) is 11.6 Å². The minimum atomic E-state index is -0.377. The minimum absolute atomic E-state index is 0.0761.